The Hall–Kier alpha value is -1.87. The first kappa shape index (κ1) is 12.6. The van der Waals surface area contributed by atoms with Crippen LogP contribution in [0.15, 0.2) is 47.7 Å². The second-order valence-corrected chi connectivity index (χ2v) is 4.52. The van der Waals surface area contributed by atoms with E-state index in [4.69, 9.17) is 4.74 Å². The zero-order chi connectivity index (χ0) is 13.0. The number of benzene rings is 1. The van der Waals surface area contributed by atoms with Crippen molar-refractivity contribution in [3.8, 4) is 0 Å². The predicted molar refractivity (Wildman–Crippen MR) is 72.0 cm³/mol. The van der Waals surface area contributed by atoms with E-state index in [-0.39, 0.29) is 5.78 Å². The summed E-state index contributed by atoms with van der Waals surface area (Å²) in [6, 6.07) is 9.82. The van der Waals surface area contributed by atoms with Gasteiger partial charge in [-0.2, -0.15) is 0 Å². The summed E-state index contributed by atoms with van der Waals surface area (Å²) < 4.78 is 5.45. The van der Waals surface area contributed by atoms with Crippen molar-refractivity contribution >= 4 is 11.9 Å². The van der Waals surface area contributed by atoms with Crippen molar-refractivity contribution in [3.63, 3.8) is 0 Å². The van der Waals surface area contributed by atoms with E-state index in [9.17, 15) is 4.79 Å². The van der Waals surface area contributed by atoms with Crippen LogP contribution in [0.3, 0.4) is 0 Å². The average Bonchev–Trinajstić information content (AvgIpc) is 2.35. The van der Waals surface area contributed by atoms with E-state index in [1.807, 2.05) is 61.6 Å². The van der Waals surface area contributed by atoms with E-state index in [1.165, 1.54) is 0 Å². The van der Waals surface area contributed by atoms with E-state index in [0.29, 0.717) is 24.4 Å². The lowest BCUT2D eigenvalue weighted by molar-refractivity contribution is -0.114. The van der Waals surface area contributed by atoms with E-state index in [0.717, 1.165) is 5.56 Å². The lowest BCUT2D eigenvalue weighted by Crippen LogP contribution is -2.23. The molecule has 3 nitrogen and oxygen atoms in total. The summed E-state index contributed by atoms with van der Waals surface area (Å²) in [4.78, 5) is 14.1. The molecule has 18 heavy (non-hydrogen) atoms. The molecule has 0 radical (unpaired) electrons. The monoisotopic (exact) mass is 243 g/mol. The molecule has 0 aliphatic carbocycles. The van der Waals surface area contributed by atoms with Gasteiger partial charge in [-0.05, 0) is 11.6 Å². The molecule has 1 aromatic carbocycles. The SMILES string of the molecule is CN(C)C=C1COC/C(=C\c2ccccc2)C1=O. The molecule has 0 saturated carbocycles. The van der Waals surface area contributed by atoms with Gasteiger partial charge in [-0.15, -0.1) is 0 Å². The Kier molecular flexibility index (Phi) is 3.95. The normalized spacial score (nSPS) is 20.4. The second kappa shape index (κ2) is 5.65. The van der Waals surface area contributed by atoms with Crippen molar-refractivity contribution in [2.45, 2.75) is 0 Å². The van der Waals surface area contributed by atoms with Gasteiger partial charge in [0, 0.05) is 31.4 Å². The summed E-state index contributed by atoms with van der Waals surface area (Å²) in [6.45, 7) is 0.779. The van der Waals surface area contributed by atoms with Crippen LogP contribution < -0.4 is 0 Å². The molecule has 1 heterocycles. The van der Waals surface area contributed by atoms with Crippen LogP contribution in [0.5, 0.6) is 0 Å². The first-order chi connectivity index (χ1) is 8.66. The number of rotatable bonds is 2. The number of hydrogen-bond donors (Lipinski definition) is 0. The fourth-order valence-electron chi connectivity index (χ4n) is 1.87. The van der Waals surface area contributed by atoms with Crippen LogP contribution in [0.25, 0.3) is 6.08 Å². The van der Waals surface area contributed by atoms with Crippen LogP contribution in [0.4, 0.5) is 0 Å². The molecule has 0 N–H and O–H groups in total. The zero-order valence-corrected chi connectivity index (χ0v) is 10.7. The maximum Gasteiger partial charge on any atom is 0.191 e. The number of Topliss-reactive ketones (excluding diaryl/α,β-unsaturated/α-hetero) is 1. The van der Waals surface area contributed by atoms with Crippen molar-refractivity contribution in [3.05, 3.63) is 53.2 Å². The average molecular weight is 243 g/mol. The van der Waals surface area contributed by atoms with Crippen LogP contribution in [-0.2, 0) is 9.53 Å². The van der Waals surface area contributed by atoms with Gasteiger partial charge in [-0.25, -0.2) is 0 Å². The number of carbonyl (C=O) groups is 1. The lowest BCUT2D eigenvalue weighted by atomic mass is 10.0. The van der Waals surface area contributed by atoms with Gasteiger partial charge in [-0.1, -0.05) is 30.3 Å². The molecule has 1 saturated heterocycles. The largest absolute Gasteiger partial charge is 0.383 e. The highest BCUT2D eigenvalue weighted by Gasteiger charge is 2.21. The third kappa shape index (κ3) is 3.08. The van der Waals surface area contributed by atoms with Gasteiger partial charge in [0.25, 0.3) is 0 Å². The Morgan fingerprint density at radius 3 is 2.44 bits per heavy atom. The van der Waals surface area contributed by atoms with E-state index in [2.05, 4.69) is 0 Å². The number of nitrogens with zero attached hydrogens (tertiary/aromatic N) is 1. The standard InChI is InChI=1S/C15H17NO2/c1-16(2)9-14-11-18-10-13(15(14)17)8-12-6-4-3-5-7-12/h3-9H,10-11H2,1-2H3/b13-8+,14-9?. The number of ketones is 1. The van der Waals surface area contributed by atoms with Crippen molar-refractivity contribution in [2.24, 2.45) is 0 Å². The van der Waals surface area contributed by atoms with E-state index < -0.39 is 0 Å². The van der Waals surface area contributed by atoms with Crippen LogP contribution in [0.1, 0.15) is 5.56 Å². The molecular formula is C15H17NO2. The van der Waals surface area contributed by atoms with Gasteiger partial charge in [0.15, 0.2) is 5.78 Å². The predicted octanol–water partition coefficient (Wildman–Crippen LogP) is 2.11. The molecule has 1 aromatic rings. The highest BCUT2D eigenvalue weighted by molar-refractivity contribution is 6.11. The topological polar surface area (TPSA) is 29.5 Å². The van der Waals surface area contributed by atoms with Gasteiger partial charge in [0.1, 0.15) is 0 Å². The minimum Gasteiger partial charge on any atom is -0.383 e. The summed E-state index contributed by atoms with van der Waals surface area (Å²) in [7, 11) is 3.80. The van der Waals surface area contributed by atoms with Gasteiger partial charge in [0.05, 0.1) is 13.2 Å². The first-order valence-electron chi connectivity index (χ1n) is 5.92. The maximum absolute atomic E-state index is 12.2. The molecule has 1 aliphatic rings. The van der Waals surface area contributed by atoms with Crippen LogP contribution in [-0.4, -0.2) is 38.0 Å². The highest BCUT2D eigenvalue weighted by atomic mass is 16.5. The Morgan fingerprint density at radius 1 is 1.11 bits per heavy atom. The summed E-state index contributed by atoms with van der Waals surface area (Å²) in [5, 5.41) is 0. The highest BCUT2D eigenvalue weighted by Crippen LogP contribution is 2.17. The van der Waals surface area contributed by atoms with Crippen molar-refractivity contribution in [1.29, 1.82) is 0 Å². The number of hydrogen-bond acceptors (Lipinski definition) is 3. The smallest absolute Gasteiger partial charge is 0.191 e. The minimum absolute atomic E-state index is 0.0822. The van der Waals surface area contributed by atoms with Gasteiger partial charge in [-0.3, -0.25) is 4.79 Å². The fraction of sp³-hybridized carbons (Fsp3) is 0.267. The molecule has 0 spiro atoms. The molecule has 0 unspecified atom stereocenters. The van der Waals surface area contributed by atoms with Gasteiger partial charge in [0.2, 0.25) is 0 Å². The summed E-state index contributed by atoms with van der Waals surface area (Å²) in [5.74, 6) is 0.0822. The zero-order valence-electron chi connectivity index (χ0n) is 10.7. The first-order valence-corrected chi connectivity index (χ1v) is 5.92. The molecular weight excluding hydrogens is 226 g/mol. The molecule has 0 atom stereocenters. The number of carbonyl (C=O) groups excluding carboxylic acids is 1. The quantitative estimate of drug-likeness (QED) is 0.745. The summed E-state index contributed by atoms with van der Waals surface area (Å²) >= 11 is 0. The van der Waals surface area contributed by atoms with Gasteiger partial charge < -0.3 is 9.64 Å². The van der Waals surface area contributed by atoms with E-state index >= 15 is 0 Å². The Labute approximate surface area is 107 Å². The van der Waals surface area contributed by atoms with Crippen molar-refractivity contribution in [1.82, 2.24) is 4.90 Å². The molecule has 0 aromatic heterocycles. The van der Waals surface area contributed by atoms with Gasteiger partial charge >= 0.3 is 0 Å². The van der Waals surface area contributed by atoms with Crippen LogP contribution in [0.2, 0.25) is 0 Å². The van der Waals surface area contributed by atoms with Crippen LogP contribution >= 0.6 is 0 Å². The van der Waals surface area contributed by atoms with Crippen molar-refractivity contribution < 1.29 is 9.53 Å². The Bertz CT molecular complexity index is 486. The third-order valence-electron chi connectivity index (χ3n) is 2.65. The molecule has 0 amide bonds. The van der Waals surface area contributed by atoms with Crippen LogP contribution in [0, 0.1) is 0 Å². The summed E-state index contributed by atoms with van der Waals surface area (Å²) in [6.07, 6.45) is 3.71. The summed E-state index contributed by atoms with van der Waals surface area (Å²) in [5.41, 5.74) is 2.43. The minimum atomic E-state index is 0.0822. The van der Waals surface area contributed by atoms with E-state index in [1.54, 1.807) is 0 Å². The molecule has 0 bridgehead atoms. The Balaban J connectivity index is 2.24. The van der Waals surface area contributed by atoms with Crippen molar-refractivity contribution in [2.75, 3.05) is 27.3 Å². The molecule has 3 heteroatoms. The molecule has 1 aliphatic heterocycles. The maximum atomic E-state index is 12.2. The number of ether oxygens (including phenoxy) is 1. The fourth-order valence-corrected chi connectivity index (χ4v) is 1.87. The third-order valence-corrected chi connectivity index (χ3v) is 2.65. The Morgan fingerprint density at radius 2 is 1.78 bits per heavy atom. The lowest BCUT2D eigenvalue weighted by Gasteiger charge is -2.19. The second-order valence-electron chi connectivity index (χ2n) is 4.52. The molecule has 94 valence electrons. The molecule has 2 rings (SSSR count). The molecule has 1 fully saturated rings.